The van der Waals surface area contributed by atoms with Crippen LogP contribution in [0.15, 0.2) is 21.6 Å². The van der Waals surface area contributed by atoms with Gasteiger partial charge in [0.15, 0.2) is 0 Å². The number of thioether (sulfide) groups is 1. The van der Waals surface area contributed by atoms with Crippen LogP contribution in [-0.4, -0.2) is 54.3 Å². The zero-order chi connectivity index (χ0) is 16.2. The molecule has 0 spiro atoms. The maximum Gasteiger partial charge on any atom is 0.277 e. The van der Waals surface area contributed by atoms with Gasteiger partial charge in [0.1, 0.15) is 0 Å². The van der Waals surface area contributed by atoms with E-state index in [0.717, 1.165) is 5.41 Å². The molecule has 0 bridgehead atoms. The van der Waals surface area contributed by atoms with E-state index in [1.807, 2.05) is 0 Å². The van der Waals surface area contributed by atoms with E-state index >= 15 is 0 Å². The highest BCUT2D eigenvalue weighted by molar-refractivity contribution is 7.99. The van der Waals surface area contributed by atoms with Crippen LogP contribution in [0.2, 0.25) is 0 Å². The molecular weight excluding hydrogens is 328 g/mol. The highest BCUT2D eigenvalue weighted by Gasteiger charge is 2.25. The van der Waals surface area contributed by atoms with E-state index in [1.54, 1.807) is 11.8 Å². The Bertz CT molecular complexity index is 635. The number of carbonyl (C=O) groups excluding carboxylic acids is 1. The summed E-state index contributed by atoms with van der Waals surface area (Å²) in [4.78, 5) is 13.8. The Kier molecular flexibility index (Phi) is 5.59. The molecule has 10 heteroatoms. The normalized spacial score (nSPS) is 16.7. The number of aromatic nitrogens is 2. The lowest BCUT2D eigenvalue weighted by Crippen LogP contribution is -2.46. The fraction of sp³-hybridized carbons (Fsp3) is 0.583. The van der Waals surface area contributed by atoms with Crippen LogP contribution >= 0.6 is 11.8 Å². The van der Waals surface area contributed by atoms with Gasteiger partial charge in [0.05, 0.1) is 5.75 Å². The molecule has 1 saturated heterocycles. The number of sulfonamides is 1. The first-order chi connectivity index (χ1) is 10.4. The summed E-state index contributed by atoms with van der Waals surface area (Å²) in [5, 5.41) is 8.78. The van der Waals surface area contributed by atoms with E-state index in [1.165, 1.54) is 11.8 Å². The summed E-state index contributed by atoms with van der Waals surface area (Å²) < 4.78 is 30.5. The largest absolute Gasteiger partial charge is 0.416 e. The van der Waals surface area contributed by atoms with Crippen molar-refractivity contribution in [3.63, 3.8) is 0 Å². The number of nitrogens with zero attached hydrogens (tertiary/aromatic N) is 3. The molecule has 2 heterocycles. The van der Waals surface area contributed by atoms with Crippen LogP contribution in [-0.2, 0) is 14.8 Å². The van der Waals surface area contributed by atoms with Gasteiger partial charge in [0.2, 0.25) is 21.8 Å². The number of likely N-dealkylation sites (tertiary alicyclic amines) is 1. The Morgan fingerprint density at radius 1 is 1.50 bits per heavy atom. The van der Waals surface area contributed by atoms with Crippen molar-refractivity contribution in [3.05, 3.63) is 17.9 Å². The van der Waals surface area contributed by atoms with Crippen LogP contribution in [0.25, 0.3) is 0 Å². The van der Waals surface area contributed by atoms with Crippen LogP contribution in [0.5, 0.6) is 0 Å². The van der Waals surface area contributed by atoms with E-state index in [4.69, 9.17) is 4.42 Å². The minimum absolute atomic E-state index is 0.0223. The third kappa shape index (κ3) is 4.82. The zero-order valence-corrected chi connectivity index (χ0v) is 13.8. The number of aryl methyl sites for hydroxylation is 1. The molecule has 0 atom stereocenters. The maximum atomic E-state index is 12.1. The number of nitrogens with one attached hydrogen (secondary N) is 1. The molecule has 2 rings (SSSR count). The number of amides is 1. The van der Waals surface area contributed by atoms with E-state index in [0.29, 0.717) is 37.0 Å². The van der Waals surface area contributed by atoms with Crippen LogP contribution in [0.1, 0.15) is 18.7 Å². The number of hydrogen-bond donors (Lipinski definition) is 1. The van der Waals surface area contributed by atoms with Gasteiger partial charge in [-0.1, -0.05) is 18.3 Å². The molecule has 22 heavy (non-hydrogen) atoms. The Morgan fingerprint density at radius 3 is 2.73 bits per heavy atom. The molecule has 1 aliphatic rings. The lowest BCUT2D eigenvalue weighted by atomic mass is 10.1. The minimum Gasteiger partial charge on any atom is -0.416 e. The van der Waals surface area contributed by atoms with Crippen LogP contribution in [0.4, 0.5) is 0 Å². The molecule has 0 aliphatic carbocycles. The highest BCUT2D eigenvalue weighted by Crippen LogP contribution is 2.18. The van der Waals surface area contributed by atoms with Crippen molar-refractivity contribution in [1.29, 1.82) is 0 Å². The smallest absolute Gasteiger partial charge is 0.277 e. The molecule has 1 aliphatic heterocycles. The molecule has 1 aromatic heterocycles. The predicted octanol–water partition coefficient (Wildman–Crippen LogP) is 0.524. The minimum atomic E-state index is -3.42. The summed E-state index contributed by atoms with van der Waals surface area (Å²) in [7, 11) is -3.42. The first kappa shape index (κ1) is 17.0. The van der Waals surface area contributed by atoms with Gasteiger partial charge in [-0.15, -0.1) is 10.2 Å². The van der Waals surface area contributed by atoms with Gasteiger partial charge < -0.3 is 9.32 Å². The SMILES string of the molecule is C=CS(=O)(=O)NC1CCN(C(=O)CSc2nnc(C)o2)CC1. The number of rotatable bonds is 6. The van der Waals surface area contributed by atoms with Gasteiger partial charge in [-0.2, -0.15) is 0 Å². The highest BCUT2D eigenvalue weighted by atomic mass is 32.2. The summed E-state index contributed by atoms with van der Waals surface area (Å²) in [5.41, 5.74) is 0. The van der Waals surface area contributed by atoms with Crippen molar-refractivity contribution in [2.45, 2.75) is 31.0 Å². The Labute approximate surface area is 133 Å². The Hall–Kier alpha value is -1.39. The molecule has 8 nitrogen and oxygen atoms in total. The topological polar surface area (TPSA) is 105 Å². The number of hydrogen-bond acceptors (Lipinski definition) is 7. The summed E-state index contributed by atoms with van der Waals surface area (Å²) in [6, 6.07) is -0.154. The average Bonchev–Trinajstić information content (AvgIpc) is 2.91. The van der Waals surface area contributed by atoms with Crippen molar-refractivity contribution in [2.75, 3.05) is 18.8 Å². The third-order valence-electron chi connectivity index (χ3n) is 3.22. The summed E-state index contributed by atoms with van der Waals surface area (Å²) >= 11 is 1.20. The zero-order valence-electron chi connectivity index (χ0n) is 12.2. The molecule has 1 N–H and O–H groups in total. The molecule has 122 valence electrons. The second-order valence-electron chi connectivity index (χ2n) is 4.86. The molecule has 1 aromatic rings. The van der Waals surface area contributed by atoms with Crippen molar-refractivity contribution in [1.82, 2.24) is 19.8 Å². The monoisotopic (exact) mass is 346 g/mol. The van der Waals surface area contributed by atoms with E-state index < -0.39 is 10.0 Å². The molecule has 1 amide bonds. The second-order valence-corrected chi connectivity index (χ2v) is 7.45. The molecular formula is C12H18N4O4S2. The summed E-state index contributed by atoms with van der Waals surface area (Å²) in [5.74, 6) is 0.668. The van der Waals surface area contributed by atoms with Crippen molar-refractivity contribution < 1.29 is 17.6 Å². The lowest BCUT2D eigenvalue weighted by molar-refractivity contribution is -0.129. The fourth-order valence-corrected chi connectivity index (χ4v) is 3.58. The first-order valence-electron chi connectivity index (χ1n) is 6.75. The quantitative estimate of drug-likeness (QED) is 0.749. The first-order valence-corrected chi connectivity index (χ1v) is 9.28. The molecule has 0 unspecified atom stereocenters. The van der Waals surface area contributed by atoms with E-state index in [2.05, 4.69) is 21.5 Å². The second kappa shape index (κ2) is 7.25. The van der Waals surface area contributed by atoms with Gasteiger partial charge in [-0.25, -0.2) is 13.1 Å². The van der Waals surface area contributed by atoms with Crippen LogP contribution in [0, 0.1) is 6.92 Å². The van der Waals surface area contributed by atoms with Crippen molar-refractivity contribution in [2.24, 2.45) is 0 Å². The maximum absolute atomic E-state index is 12.1. The van der Waals surface area contributed by atoms with Crippen LogP contribution < -0.4 is 4.72 Å². The fourth-order valence-electron chi connectivity index (χ4n) is 2.08. The van der Waals surface area contributed by atoms with Crippen LogP contribution in [0.3, 0.4) is 0 Å². The van der Waals surface area contributed by atoms with Gasteiger partial charge in [-0.3, -0.25) is 4.79 Å². The Morgan fingerprint density at radius 2 is 2.18 bits per heavy atom. The summed E-state index contributed by atoms with van der Waals surface area (Å²) in [6.45, 7) is 5.99. The van der Waals surface area contributed by atoms with Crippen molar-refractivity contribution in [3.8, 4) is 0 Å². The molecule has 0 saturated carbocycles. The molecule has 0 aromatic carbocycles. The number of piperidine rings is 1. The van der Waals surface area contributed by atoms with Gasteiger partial charge in [0, 0.05) is 31.5 Å². The average molecular weight is 346 g/mol. The van der Waals surface area contributed by atoms with Crippen molar-refractivity contribution >= 4 is 27.7 Å². The predicted molar refractivity (Wildman–Crippen MR) is 81.6 cm³/mol. The molecule has 0 radical (unpaired) electrons. The van der Waals surface area contributed by atoms with Gasteiger partial charge in [-0.05, 0) is 12.8 Å². The van der Waals surface area contributed by atoms with Gasteiger partial charge >= 0.3 is 0 Å². The number of carbonyl (C=O) groups is 1. The van der Waals surface area contributed by atoms with E-state index in [-0.39, 0.29) is 17.7 Å². The molecule has 1 fully saturated rings. The van der Waals surface area contributed by atoms with E-state index in [9.17, 15) is 13.2 Å². The lowest BCUT2D eigenvalue weighted by Gasteiger charge is -2.31. The third-order valence-corrected chi connectivity index (χ3v) is 5.13. The summed E-state index contributed by atoms with van der Waals surface area (Å²) in [6.07, 6.45) is 1.17. The van der Waals surface area contributed by atoms with Gasteiger partial charge in [0.25, 0.3) is 5.22 Å². The standard InChI is InChI=1S/C12H18N4O4S2/c1-3-22(18,19)15-10-4-6-16(7-5-10)11(17)8-21-12-14-13-9(2)20-12/h3,10,15H,1,4-8H2,2H3. The Balaban J connectivity index is 1.76.